The van der Waals surface area contributed by atoms with Crippen LogP contribution in [0.4, 0.5) is 0 Å². The quantitative estimate of drug-likeness (QED) is 0.202. The summed E-state index contributed by atoms with van der Waals surface area (Å²) in [6.45, 7) is -0.479. The number of aliphatic hydroxyl groups excluding tert-OH is 3. The highest BCUT2D eigenvalue weighted by molar-refractivity contribution is 5.66. The Balaban J connectivity index is 3.35. The lowest BCUT2D eigenvalue weighted by Gasteiger charge is -2.27. The summed E-state index contributed by atoms with van der Waals surface area (Å²) in [6.07, 6.45) is 18.6. The summed E-state index contributed by atoms with van der Waals surface area (Å²) >= 11 is 0. The fourth-order valence-electron chi connectivity index (χ4n) is 2.98. The van der Waals surface area contributed by atoms with Crippen LogP contribution in [0.2, 0.25) is 0 Å². The predicted molar refractivity (Wildman–Crippen MR) is 105 cm³/mol. The second kappa shape index (κ2) is 17.5. The molecule has 0 spiro atoms. The van der Waals surface area contributed by atoms with Crippen LogP contribution in [0.3, 0.4) is 0 Å². The van der Waals surface area contributed by atoms with Crippen LogP contribution < -0.4 is 0 Å². The summed E-state index contributed by atoms with van der Waals surface area (Å²) in [5, 5.41) is 36.3. The molecule has 0 aliphatic rings. The minimum atomic E-state index is -0.709. The monoisotopic (exact) mass is 372 g/mol. The Bertz CT molecular complexity index is 342. The Labute approximate surface area is 159 Å². The van der Waals surface area contributed by atoms with Crippen LogP contribution in [0.25, 0.3) is 0 Å². The van der Waals surface area contributed by atoms with Crippen molar-refractivity contribution in [2.75, 3.05) is 19.8 Å². The van der Waals surface area contributed by atoms with Crippen molar-refractivity contribution in [1.82, 2.24) is 0 Å². The van der Waals surface area contributed by atoms with Gasteiger partial charge in [0, 0.05) is 11.8 Å². The molecule has 0 rings (SSSR count). The maximum absolute atomic E-state index is 10.4. The Kier molecular flexibility index (Phi) is 16.9. The van der Waals surface area contributed by atoms with E-state index in [2.05, 4.69) is 12.2 Å². The molecule has 0 aromatic rings. The van der Waals surface area contributed by atoms with Gasteiger partial charge in [-0.15, -0.1) is 0 Å². The van der Waals surface area contributed by atoms with Gasteiger partial charge in [0.15, 0.2) is 0 Å². The average molecular weight is 373 g/mol. The van der Waals surface area contributed by atoms with Crippen LogP contribution in [0, 0.1) is 5.41 Å². The van der Waals surface area contributed by atoms with Crippen LogP contribution in [0.5, 0.6) is 0 Å². The van der Waals surface area contributed by atoms with E-state index < -0.39 is 11.4 Å². The first kappa shape index (κ1) is 25.1. The van der Waals surface area contributed by atoms with E-state index in [9.17, 15) is 20.1 Å². The third-order valence-corrected chi connectivity index (χ3v) is 5.01. The van der Waals surface area contributed by atoms with Crippen molar-refractivity contribution in [3.05, 3.63) is 12.2 Å². The Hall–Kier alpha value is -0.910. The third-order valence-electron chi connectivity index (χ3n) is 5.01. The largest absolute Gasteiger partial charge is 0.481 e. The van der Waals surface area contributed by atoms with Crippen molar-refractivity contribution < 1.29 is 25.2 Å². The van der Waals surface area contributed by atoms with Crippen LogP contribution in [0.15, 0.2) is 12.2 Å². The van der Waals surface area contributed by atoms with Gasteiger partial charge in [-0.05, 0) is 38.5 Å². The van der Waals surface area contributed by atoms with Crippen LogP contribution in [-0.2, 0) is 4.79 Å². The number of carboxylic acids is 1. The highest BCUT2D eigenvalue weighted by Gasteiger charge is 2.26. The lowest BCUT2D eigenvalue weighted by atomic mass is 9.85. The number of allylic oxidation sites excluding steroid dienone is 2. The summed E-state index contributed by atoms with van der Waals surface area (Å²) in [6, 6.07) is 0. The van der Waals surface area contributed by atoms with E-state index in [-0.39, 0.29) is 19.8 Å². The predicted octanol–water partition coefficient (Wildman–Crippen LogP) is 4.05. The molecule has 0 atom stereocenters. The molecular formula is C21H40O5. The lowest BCUT2D eigenvalue weighted by Crippen LogP contribution is -2.33. The van der Waals surface area contributed by atoms with Gasteiger partial charge in [0.2, 0.25) is 0 Å². The third kappa shape index (κ3) is 14.3. The van der Waals surface area contributed by atoms with E-state index in [4.69, 9.17) is 5.11 Å². The molecule has 0 unspecified atom stereocenters. The zero-order valence-corrected chi connectivity index (χ0v) is 16.4. The van der Waals surface area contributed by atoms with Gasteiger partial charge in [0.05, 0.1) is 19.8 Å². The Morgan fingerprint density at radius 2 is 1.08 bits per heavy atom. The number of unbranched alkanes of at least 4 members (excludes halogenated alkanes) is 10. The number of aliphatic hydroxyl groups is 3. The molecule has 0 saturated heterocycles. The second-order valence-corrected chi connectivity index (χ2v) is 7.45. The standard InChI is InChI=1S/C21H40O5/c22-17-21(18-23,19-24)16-14-12-10-8-6-4-2-1-3-5-7-9-11-13-15-20(25)26/h1-2,22-24H,3-19H2,(H,25,26)/b2-1-. The van der Waals surface area contributed by atoms with Gasteiger partial charge in [0.25, 0.3) is 0 Å². The highest BCUT2D eigenvalue weighted by Crippen LogP contribution is 2.23. The summed E-state index contributed by atoms with van der Waals surface area (Å²) in [4.78, 5) is 10.4. The Morgan fingerprint density at radius 3 is 1.54 bits per heavy atom. The van der Waals surface area contributed by atoms with Crippen molar-refractivity contribution in [3.8, 4) is 0 Å². The van der Waals surface area contributed by atoms with Crippen molar-refractivity contribution in [1.29, 1.82) is 0 Å². The number of carboxylic acid groups (broad SMARTS) is 1. The smallest absolute Gasteiger partial charge is 0.303 e. The lowest BCUT2D eigenvalue weighted by molar-refractivity contribution is -0.137. The first-order valence-corrected chi connectivity index (χ1v) is 10.3. The molecule has 0 saturated carbocycles. The number of aliphatic carboxylic acids is 1. The first-order chi connectivity index (χ1) is 12.6. The topological polar surface area (TPSA) is 98.0 Å². The molecule has 0 aliphatic heterocycles. The first-order valence-electron chi connectivity index (χ1n) is 10.3. The molecule has 0 heterocycles. The molecule has 154 valence electrons. The molecule has 0 bridgehead atoms. The number of hydrogen-bond acceptors (Lipinski definition) is 4. The number of rotatable bonds is 19. The van der Waals surface area contributed by atoms with E-state index in [0.717, 1.165) is 51.4 Å². The van der Waals surface area contributed by atoms with Gasteiger partial charge in [-0.25, -0.2) is 0 Å². The number of hydrogen-bond donors (Lipinski definition) is 4. The SMILES string of the molecule is O=C(O)CCCCCCC/C=C\CCCCCCCC(CO)(CO)CO. The summed E-state index contributed by atoms with van der Waals surface area (Å²) < 4.78 is 0. The minimum Gasteiger partial charge on any atom is -0.481 e. The fraction of sp³-hybridized carbons (Fsp3) is 0.857. The molecule has 0 aromatic heterocycles. The molecule has 0 aromatic carbocycles. The fourth-order valence-corrected chi connectivity index (χ4v) is 2.98. The molecule has 5 heteroatoms. The molecule has 5 nitrogen and oxygen atoms in total. The molecule has 0 fully saturated rings. The average Bonchev–Trinajstić information content (AvgIpc) is 2.65. The maximum Gasteiger partial charge on any atom is 0.303 e. The molecule has 4 N–H and O–H groups in total. The molecule has 0 aliphatic carbocycles. The van der Waals surface area contributed by atoms with E-state index in [0.29, 0.717) is 12.8 Å². The van der Waals surface area contributed by atoms with E-state index in [1.165, 1.54) is 25.7 Å². The van der Waals surface area contributed by atoms with Gasteiger partial charge >= 0.3 is 5.97 Å². The van der Waals surface area contributed by atoms with E-state index in [1.807, 2.05) is 0 Å². The van der Waals surface area contributed by atoms with E-state index >= 15 is 0 Å². The highest BCUT2D eigenvalue weighted by atomic mass is 16.4. The maximum atomic E-state index is 10.4. The zero-order valence-electron chi connectivity index (χ0n) is 16.4. The minimum absolute atomic E-state index is 0.160. The van der Waals surface area contributed by atoms with Gasteiger partial charge in [-0.3, -0.25) is 4.79 Å². The zero-order chi connectivity index (χ0) is 19.5. The molecule has 26 heavy (non-hydrogen) atoms. The molecular weight excluding hydrogens is 332 g/mol. The van der Waals surface area contributed by atoms with Crippen molar-refractivity contribution in [2.24, 2.45) is 5.41 Å². The van der Waals surface area contributed by atoms with Gasteiger partial charge in [-0.1, -0.05) is 57.1 Å². The van der Waals surface area contributed by atoms with Gasteiger partial charge in [-0.2, -0.15) is 0 Å². The van der Waals surface area contributed by atoms with Crippen molar-refractivity contribution in [2.45, 2.75) is 89.9 Å². The molecule has 0 amide bonds. The summed E-state index contributed by atoms with van der Waals surface area (Å²) in [5.74, 6) is -0.693. The Morgan fingerprint density at radius 1 is 0.654 bits per heavy atom. The van der Waals surface area contributed by atoms with Crippen LogP contribution in [-0.4, -0.2) is 46.2 Å². The van der Waals surface area contributed by atoms with E-state index in [1.54, 1.807) is 0 Å². The number of carbonyl (C=O) groups is 1. The second-order valence-electron chi connectivity index (χ2n) is 7.45. The van der Waals surface area contributed by atoms with Crippen molar-refractivity contribution >= 4 is 5.97 Å². The normalized spacial score (nSPS) is 12.1. The molecule has 0 radical (unpaired) electrons. The van der Waals surface area contributed by atoms with Crippen molar-refractivity contribution in [3.63, 3.8) is 0 Å². The van der Waals surface area contributed by atoms with Gasteiger partial charge in [0.1, 0.15) is 0 Å². The summed E-state index contributed by atoms with van der Waals surface area (Å²) in [7, 11) is 0. The van der Waals surface area contributed by atoms with Crippen LogP contribution >= 0.6 is 0 Å². The summed E-state index contributed by atoms with van der Waals surface area (Å²) in [5.41, 5.74) is -0.709. The van der Waals surface area contributed by atoms with Gasteiger partial charge < -0.3 is 20.4 Å². The van der Waals surface area contributed by atoms with Crippen LogP contribution in [0.1, 0.15) is 89.9 Å².